The van der Waals surface area contributed by atoms with E-state index in [1.54, 1.807) is 12.1 Å². The maximum absolute atomic E-state index is 13.0. The fourth-order valence-electron chi connectivity index (χ4n) is 2.06. The van der Waals surface area contributed by atoms with Crippen LogP contribution < -0.4 is 15.0 Å². The number of benzene rings is 2. The molecule has 0 spiro atoms. The molecule has 0 aliphatic rings. The molecule has 0 radical (unpaired) electrons. The Morgan fingerprint density at radius 1 is 1.12 bits per heavy atom. The van der Waals surface area contributed by atoms with Gasteiger partial charge in [-0.3, -0.25) is 10.2 Å². The summed E-state index contributed by atoms with van der Waals surface area (Å²) in [4.78, 5) is 13.7. The molecule has 0 aliphatic heterocycles. The van der Waals surface area contributed by atoms with Crippen molar-refractivity contribution < 1.29 is 22.3 Å². The van der Waals surface area contributed by atoms with Gasteiger partial charge < -0.3 is 4.74 Å². The van der Waals surface area contributed by atoms with E-state index < -0.39 is 28.4 Å². The third-order valence-corrected chi connectivity index (χ3v) is 4.79. The highest BCUT2D eigenvalue weighted by molar-refractivity contribution is 7.89. The molecule has 0 saturated carbocycles. The smallest absolute Gasteiger partial charge is 0.272 e. The standard InChI is InChI=1S/C18H21FN2O4S/c1-18(2,3)13-7-9-16(10-8-13)26(23,24)21-20-17(22)12-25-15-6-4-5-14(19)11-15/h4-11,21H,12H2,1-3H3,(H,20,22). The van der Waals surface area contributed by atoms with E-state index in [0.29, 0.717) is 0 Å². The Bertz CT molecular complexity index is 875. The van der Waals surface area contributed by atoms with Gasteiger partial charge in [0.15, 0.2) is 6.61 Å². The second-order valence-corrected chi connectivity index (χ2v) is 8.36. The summed E-state index contributed by atoms with van der Waals surface area (Å²) >= 11 is 0. The summed E-state index contributed by atoms with van der Waals surface area (Å²) in [5.41, 5.74) is 2.95. The molecule has 8 heteroatoms. The first kappa shape index (κ1) is 19.9. The number of carbonyl (C=O) groups excluding carboxylic acids is 1. The van der Waals surface area contributed by atoms with Crippen molar-refractivity contribution in [2.45, 2.75) is 31.1 Å². The summed E-state index contributed by atoms with van der Waals surface area (Å²) < 4.78 is 42.5. The summed E-state index contributed by atoms with van der Waals surface area (Å²) in [7, 11) is -3.90. The summed E-state index contributed by atoms with van der Waals surface area (Å²) in [6.07, 6.45) is 0. The molecule has 6 nitrogen and oxygen atoms in total. The van der Waals surface area contributed by atoms with Crippen molar-refractivity contribution in [3.63, 3.8) is 0 Å². The lowest BCUT2D eigenvalue weighted by Gasteiger charge is -2.19. The van der Waals surface area contributed by atoms with Crippen LogP contribution in [0.3, 0.4) is 0 Å². The highest BCUT2D eigenvalue weighted by atomic mass is 32.2. The predicted molar refractivity (Wildman–Crippen MR) is 95.5 cm³/mol. The Kier molecular flexibility index (Phi) is 5.99. The lowest BCUT2D eigenvalue weighted by atomic mass is 9.87. The van der Waals surface area contributed by atoms with Gasteiger partial charge in [-0.2, -0.15) is 0 Å². The molecule has 26 heavy (non-hydrogen) atoms. The van der Waals surface area contributed by atoms with Gasteiger partial charge in [0.25, 0.3) is 15.9 Å². The minimum absolute atomic E-state index is 0.0249. The van der Waals surface area contributed by atoms with Crippen molar-refractivity contribution in [3.8, 4) is 5.75 Å². The van der Waals surface area contributed by atoms with Crippen molar-refractivity contribution in [2.75, 3.05) is 6.61 Å². The van der Waals surface area contributed by atoms with E-state index in [2.05, 4.69) is 5.43 Å². The van der Waals surface area contributed by atoms with Crippen LogP contribution in [0.25, 0.3) is 0 Å². The zero-order chi connectivity index (χ0) is 19.4. The normalized spacial score (nSPS) is 11.8. The average molecular weight is 380 g/mol. The van der Waals surface area contributed by atoms with E-state index in [9.17, 15) is 17.6 Å². The molecule has 0 bridgehead atoms. The number of amides is 1. The maximum atomic E-state index is 13.0. The van der Waals surface area contributed by atoms with Gasteiger partial charge in [-0.05, 0) is 35.2 Å². The van der Waals surface area contributed by atoms with Gasteiger partial charge >= 0.3 is 0 Å². The number of halogens is 1. The number of hydrazine groups is 1. The van der Waals surface area contributed by atoms with Gasteiger partial charge in [0.1, 0.15) is 11.6 Å². The molecule has 0 fully saturated rings. The Morgan fingerprint density at radius 2 is 1.77 bits per heavy atom. The van der Waals surface area contributed by atoms with Gasteiger partial charge in [0.05, 0.1) is 4.90 Å². The van der Waals surface area contributed by atoms with Crippen LogP contribution in [0.15, 0.2) is 53.4 Å². The second kappa shape index (κ2) is 7.84. The molecule has 0 aromatic heterocycles. The lowest BCUT2D eigenvalue weighted by molar-refractivity contribution is -0.123. The Balaban J connectivity index is 1.91. The Morgan fingerprint density at radius 3 is 2.35 bits per heavy atom. The van der Waals surface area contributed by atoms with E-state index in [1.807, 2.05) is 25.6 Å². The van der Waals surface area contributed by atoms with Crippen molar-refractivity contribution >= 4 is 15.9 Å². The van der Waals surface area contributed by atoms with Gasteiger partial charge in [-0.1, -0.05) is 39.0 Å². The van der Waals surface area contributed by atoms with E-state index >= 15 is 0 Å². The Hall–Kier alpha value is -2.45. The van der Waals surface area contributed by atoms with Gasteiger partial charge in [0, 0.05) is 6.07 Å². The summed E-state index contributed by atoms with van der Waals surface area (Å²) in [5.74, 6) is -1.05. The number of sulfonamides is 1. The fraction of sp³-hybridized carbons (Fsp3) is 0.278. The van der Waals surface area contributed by atoms with Crippen molar-refractivity contribution in [1.29, 1.82) is 0 Å². The van der Waals surface area contributed by atoms with Crippen LogP contribution in [0, 0.1) is 5.82 Å². The molecule has 2 N–H and O–H groups in total. The monoisotopic (exact) mass is 380 g/mol. The van der Waals surface area contributed by atoms with E-state index in [-0.39, 0.29) is 16.1 Å². The first-order chi connectivity index (χ1) is 12.1. The lowest BCUT2D eigenvalue weighted by Crippen LogP contribution is -2.43. The van der Waals surface area contributed by atoms with Crippen molar-refractivity contribution in [3.05, 3.63) is 59.9 Å². The topological polar surface area (TPSA) is 84.5 Å². The van der Waals surface area contributed by atoms with Gasteiger partial charge in [0.2, 0.25) is 0 Å². The number of ether oxygens (including phenoxy) is 1. The van der Waals surface area contributed by atoms with E-state index in [0.717, 1.165) is 11.6 Å². The first-order valence-electron chi connectivity index (χ1n) is 7.87. The van der Waals surface area contributed by atoms with E-state index in [4.69, 9.17) is 4.74 Å². The minimum atomic E-state index is -3.90. The van der Waals surface area contributed by atoms with Crippen molar-refractivity contribution in [2.24, 2.45) is 0 Å². The summed E-state index contributed by atoms with van der Waals surface area (Å²) in [6.45, 7) is 5.60. The molecule has 2 aromatic carbocycles. The zero-order valence-corrected chi connectivity index (χ0v) is 15.6. The average Bonchev–Trinajstić information content (AvgIpc) is 2.58. The van der Waals surface area contributed by atoms with Crippen LogP contribution in [0.4, 0.5) is 4.39 Å². The molecule has 0 heterocycles. The highest BCUT2D eigenvalue weighted by Gasteiger charge is 2.18. The van der Waals surface area contributed by atoms with Gasteiger partial charge in [-0.15, -0.1) is 4.83 Å². The highest BCUT2D eigenvalue weighted by Crippen LogP contribution is 2.23. The molecule has 1 amide bonds. The summed E-state index contributed by atoms with van der Waals surface area (Å²) in [5, 5.41) is 0. The molecule has 2 rings (SSSR count). The third-order valence-electron chi connectivity index (χ3n) is 3.52. The third kappa shape index (κ3) is 5.53. The van der Waals surface area contributed by atoms with E-state index in [1.165, 1.54) is 30.3 Å². The number of carbonyl (C=O) groups is 1. The molecule has 0 saturated heterocycles. The predicted octanol–water partition coefficient (Wildman–Crippen LogP) is 2.51. The Labute approximate surface area is 152 Å². The molecule has 0 unspecified atom stereocenters. The molecular weight excluding hydrogens is 359 g/mol. The maximum Gasteiger partial charge on any atom is 0.272 e. The van der Waals surface area contributed by atoms with Crippen LogP contribution in [-0.4, -0.2) is 20.9 Å². The van der Waals surface area contributed by atoms with Crippen LogP contribution in [0.2, 0.25) is 0 Å². The van der Waals surface area contributed by atoms with Crippen LogP contribution in [0.1, 0.15) is 26.3 Å². The SMILES string of the molecule is CC(C)(C)c1ccc(S(=O)(=O)NNC(=O)COc2cccc(F)c2)cc1. The summed E-state index contributed by atoms with van der Waals surface area (Å²) in [6, 6.07) is 11.7. The second-order valence-electron chi connectivity index (χ2n) is 6.67. The molecule has 0 aliphatic carbocycles. The number of rotatable bonds is 6. The van der Waals surface area contributed by atoms with Crippen LogP contribution in [-0.2, 0) is 20.2 Å². The number of hydrogen-bond acceptors (Lipinski definition) is 4. The first-order valence-corrected chi connectivity index (χ1v) is 9.36. The van der Waals surface area contributed by atoms with Gasteiger partial charge in [-0.25, -0.2) is 12.8 Å². The fourth-order valence-corrected chi connectivity index (χ4v) is 2.92. The van der Waals surface area contributed by atoms with Crippen LogP contribution >= 0.6 is 0 Å². The molecule has 140 valence electrons. The number of hydrogen-bond donors (Lipinski definition) is 2. The zero-order valence-electron chi connectivity index (χ0n) is 14.7. The van der Waals surface area contributed by atoms with Crippen LogP contribution in [0.5, 0.6) is 5.75 Å². The quantitative estimate of drug-likeness (QED) is 0.754. The molecule has 0 atom stereocenters. The molecule has 2 aromatic rings. The van der Waals surface area contributed by atoms with Crippen molar-refractivity contribution in [1.82, 2.24) is 10.3 Å². The number of nitrogens with one attached hydrogen (secondary N) is 2. The molecular formula is C18H21FN2O4S. The minimum Gasteiger partial charge on any atom is -0.484 e. The largest absolute Gasteiger partial charge is 0.484 e.